The summed E-state index contributed by atoms with van der Waals surface area (Å²) in [7, 11) is 1.68. The van der Waals surface area contributed by atoms with E-state index >= 15 is 0 Å². The van der Waals surface area contributed by atoms with Crippen LogP contribution in [-0.2, 0) is 0 Å². The Bertz CT molecular complexity index is 335. The van der Waals surface area contributed by atoms with Gasteiger partial charge in [-0.1, -0.05) is 12.1 Å². The standard InChI is InChI=1S/C10H11NOS/c1-12-9-4-2-3-8(5-9)10-6-13-7-11-10/h2-6,11H,7H2,1H3. The van der Waals surface area contributed by atoms with Crippen molar-refractivity contribution in [3.63, 3.8) is 0 Å². The normalized spacial score (nSPS) is 15.0. The largest absolute Gasteiger partial charge is 0.497 e. The van der Waals surface area contributed by atoms with Gasteiger partial charge in [0.1, 0.15) is 5.75 Å². The lowest BCUT2D eigenvalue weighted by atomic mass is 10.1. The highest BCUT2D eigenvalue weighted by Gasteiger charge is 2.06. The second kappa shape index (κ2) is 3.75. The Morgan fingerprint density at radius 1 is 1.46 bits per heavy atom. The van der Waals surface area contributed by atoms with Crippen LogP contribution in [0, 0.1) is 0 Å². The van der Waals surface area contributed by atoms with E-state index in [1.807, 2.05) is 18.2 Å². The van der Waals surface area contributed by atoms with Crippen molar-refractivity contribution in [3.05, 3.63) is 35.2 Å². The minimum atomic E-state index is 0.900. The number of thioether (sulfide) groups is 1. The summed E-state index contributed by atoms with van der Waals surface area (Å²) in [5.41, 5.74) is 2.37. The maximum atomic E-state index is 5.15. The topological polar surface area (TPSA) is 21.3 Å². The highest BCUT2D eigenvalue weighted by atomic mass is 32.2. The van der Waals surface area contributed by atoms with Crippen LogP contribution in [0.15, 0.2) is 29.7 Å². The third-order valence-electron chi connectivity index (χ3n) is 1.93. The first-order valence-electron chi connectivity index (χ1n) is 4.10. The van der Waals surface area contributed by atoms with Gasteiger partial charge in [0, 0.05) is 11.3 Å². The third kappa shape index (κ3) is 1.80. The fourth-order valence-electron chi connectivity index (χ4n) is 1.25. The Balaban J connectivity index is 2.29. The zero-order valence-electron chi connectivity index (χ0n) is 7.41. The molecule has 1 heterocycles. The van der Waals surface area contributed by atoms with Crippen LogP contribution in [0.1, 0.15) is 5.56 Å². The molecule has 2 rings (SSSR count). The lowest BCUT2D eigenvalue weighted by molar-refractivity contribution is 0.414. The lowest BCUT2D eigenvalue weighted by Crippen LogP contribution is -2.04. The molecule has 1 aliphatic heterocycles. The zero-order chi connectivity index (χ0) is 9.10. The van der Waals surface area contributed by atoms with Crippen molar-refractivity contribution in [1.29, 1.82) is 0 Å². The molecule has 68 valence electrons. The van der Waals surface area contributed by atoms with Crippen LogP contribution in [0.25, 0.3) is 5.70 Å². The molecule has 0 aromatic heterocycles. The van der Waals surface area contributed by atoms with Crippen molar-refractivity contribution in [2.24, 2.45) is 0 Å². The third-order valence-corrected chi connectivity index (χ3v) is 2.64. The Kier molecular flexibility index (Phi) is 2.45. The predicted octanol–water partition coefficient (Wildman–Crippen LogP) is 2.29. The predicted molar refractivity (Wildman–Crippen MR) is 56.6 cm³/mol. The van der Waals surface area contributed by atoms with Crippen LogP contribution >= 0.6 is 11.8 Å². The molecule has 0 fully saturated rings. The molecule has 1 N–H and O–H groups in total. The molecular weight excluding hydrogens is 182 g/mol. The Hall–Kier alpha value is -1.09. The smallest absolute Gasteiger partial charge is 0.119 e. The SMILES string of the molecule is COc1cccc(C2=CSCN2)c1. The average molecular weight is 193 g/mol. The maximum Gasteiger partial charge on any atom is 0.119 e. The van der Waals surface area contributed by atoms with Gasteiger partial charge in [-0.3, -0.25) is 0 Å². The molecule has 0 aliphatic carbocycles. The summed E-state index contributed by atoms with van der Waals surface area (Å²) in [5.74, 6) is 1.86. The molecule has 0 spiro atoms. The number of hydrogen-bond acceptors (Lipinski definition) is 3. The fourth-order valence-corrected chi connectivity index (χ4v) is 1.96. The molecule has 0 atom stereocenters. The molecule has 0 unspecified atom stereocenters. The fraction of sp³-hybridized carbons (Fsp3) is 0.200. The minimum absolute atomic E-state index is 0.900. The molecule has 0 bridgehead atoms. The van der Waals surface area contributed by atoms with Gasteiger partial charge in [0.2, 0.25) is 0 Å². The van der Waals surface area contributed by atoms with E-state index in [0.29, 0.717) is 0 Å². The second-order valence-corrected chi connectivity index (χ2v) is 3.61. The number of rotatable bonds is 2. The molecule has 0 amide bonds. The number of hydrogen-bond donors (Lipinski definition) is 1. The van der Waals surface area contributed by atoms with Gasteiger partial charge in [-0.15, -0.1) is 11.8 Å². The highest BCUT2D eigenvalue weighted by molar-refractivity contribution is 8.02. The first kappa shape index (κ1) is 8.51. The van der Waals surface area contributed by atoms with Crippen molar-refractivity contribution < 1.29 is 4.74 Å². The first-order chi connectivity index (χ1) is 6.40. The van der Waals surface area contributed by atoms with Gasteiger partial charge >= 0.3 is 0 Å². The average Bonchev–Trinajstić information content (AvgIpc) is 2.71. The molecule has 2 nitrogen and oxygen atoms in total. The van der Waals surface area contributed by atoms with E-state index in [-0.39, 0.29) is 0 Å². The Labute approximate surface area is 82.0 Å². The van der Waals surface area contributed by atoms with Crippen LogP contribution in [0.3, 0.4) is 0 Å². The quantitative estimate of drug-likeness (QED) is 0.778. The van der Waals surface area contributed by atoms with Gasteiger partial charge in [-0.05, 0) is 17.5 Å². The van der Waals surface area contributed by atoms with E-state index in [1.54, 1.807) is 18.9 Å². The summed E-state index contributed by atoms with van der Waals surface area (Å²) in [6, 6.07) is 8.06. The van der Waals surface area contributed by atoms with E-state index in [4.69, 9.17) is 4.74 Å². The summed E-state index contributed by atoms with van der Waals surface area (Å²) < 4.78 is 5.15. The lowest BCUT2D eigenvalue weighted by Gasteiger charge is -2.05. The van der Waals surface area contributed by atoms with Crippen LogP contribution in [0.2, 0.25) is 0 Å². The van der Waals surface area contributed by atoms with Crippen LogP contribution in [0.5, 0.6) is 5.75 Å². The van der Waals surface area contributed by atoms with Gasteiger partial charge in [0.05, 0.1) is 13.0 Å². The van der Waals surface area contributed by atoms with Crippen molar-refractivity contribution in [2.45, 2.75) is 0 Å². The molecule has 1 aliphatic rings. The Morgan fingerprint density at radius 2 is 2.38 bits per heavy atom. The van der Waals surface area contributed by atoms with E-state index in [2.05, 4.69) is 16.8 Å². The van der Waals surface area contributed by atoms with Crippen molar-refractivity contribution in [2.75, 3.05) is 13.0 Å². The molecule has 0 saturated heterocycles. The number of methoxy groups -OCH3 is 1. The molecule has 0 saturated carbocycles. The molecule has 3 heteroatoms. The summed E-state index contributed by atoms with van der Waals surface area (Å²) >= 11 is 1.78. The van der Waals surface area contributed by atoms with Crippen LogP contribution < -0.4 is 10.1 Å². The van der Waals surface area contributed by atoms with Gasteiger partial charge < -0.3 is 10.1 Å². The summed E-state index contributed by atoms with van der Waals surface area (Å²) in [5, 5.41) is 5.43. The minimum Gasteiger partial charge on any atom is -0.497 e. The van der Waals surface area contributed by atoms with E-state index in [9.17, 15) is 0 Å². The number of nitrogens with one attached hydrogen (secondary N) is 1. The van der Waals surface area contributed by atoms with Crippen LogP contribution in [-0.4, -0.2) is 13.0 Å². The molecule has 0 radical (unpaired) electrons. The number of ether oxygens (including phenoxy) is 1. The summed E-state index contributed by atoms with van der Waals surface area (Å²) in [6.45, 7) is 0. The van der Waals surface area contributed by atoms with E-state index < -0.39 is 0 Å². The van der Waals surface area contributed by atoms with E-state index in [0.717, 1.165) is 11.6 Å². The molecule has 13 heavy (non-hydrogen) atoms. The van der Waals surface area contributed by atoms with Crippen LogP contribution in [0.4, 0.5) is 0 Å². The maximum absolute atomic E-state index is 5.15. The first-order valence-corrected chi connectivity index (χ1v) is 5.15. The summed E-state index contributed by atoms with van der Waals surface area (Å²) in [6.07, 6.45) is 0. The second-order valence-electron chi connectivity index (χ2n) is 2.75. The molecule has 1 aromatic rings. The van der Waals surface area contributed by atoms with Gasteiger partial charge in [0.25, 0.3) is 0 Å². The number of benzene rings is 1. The van der Waals surface area contributed by atoms with Crippen molar-refractivity contribution in [1.82, 2.24) is 5.32 Å². The monoisotopic (exact) mass is 193 g/mol. The van der Waals surface area contributed by atoms with Crippen molar-refractivity contribution in [3.8, 4) is 5.75 Å². The summed E-state index contributed by atoms with van der Waals surface area (Å²) in [4.78, 5) is 0. The molecule has 1 aromatic carbocycles. The van der Waals surface area contributed by atoms with Gasteiger partial charge in [-0.2, -0.15) is 0 Å². The van der Waals surface area contributed by atoms with Gasteiger partial charge in [0.15, 0.2) is 0 Å². The van der Waals surface area contributed by atoms with E-state index in [1.165, 1.54) is 11.3 Å². The zero-order valence-corrected chi connectivity index (χ0v) is 8.23. The van der Waals surface area contributed by atoms with Gasteiger partial charge in [-0.25, -0.2) is 0 Å². The van der Waals surface area contributed by atoms with Crippen molar-refractivity contribution >= 4 is 17.5 Å². The molecular formula is C10H11NOS. The highest BCUT2D eigenvalue weighted by Crippen LogP contribution is 2.24. The Morgan fingerprint density at radius 3 is 3.08 bits per heavy atom.